The van der Waals surface area contributed by atoms with Crippen LogP contribution >= 0.6 is 0 Å². The molecule has 0 spiro atoms. The lowest BCUT2D eigenvalue weighted by Gasteiger charge is -2.20. The van der Waals surface area contributed by atoms with Gasteiger partial charge < -0.3 is 15.2 Å². The largest absolute Gasteiger partial charge is 0.489 e. The van der Waals surface area contributed by atoms with Crippen molar-refractivity contribution in [1.29, 1.82) is 0 Å². The van der Waals surface area contributed by atoms with E-state index in [4.69, 9.17) is 4.74 Å². The predicted molar refractivity (Wildman–Crippen MR) is 137 cm³/mol. The fourth-order valence-corrected chi connectivity index (χ4v) is 4.70. The first-order valence-electron chi connectivity index (χ1n) is 12.2. The van der Waals surface area contributed by atoms with Crippen molar-refractivity contribution >= 4 is 5.97 Å². The van der Waals surface area contributed by atoms with Gasteiger partial charge in [0.2, 0.25) is 0 Å². The van der Waals surface area contributed by atoms with Crippen LogP contribution in [0.4, 0.5) is 0 Å². The first kappa shape index (κ1) is 24.0. The Morgan fingerprint density at radius 2 is 1.74 bits per heavy atom. The van der Waals surface area contributed by atoms with Crippen molar-refractivity contribution in [2.75, 3.05) is 6.54 Å². The van der Waals surface area contributed by atoms with Crippen LogP contribution in [0.1, 0.15) is 54.5 Å². The monoisotopic (exact) mass is 457 g/mol. The van der Waals surface area contributed by atoms with Gasteiger partial charge in [-0.3, -0.25) is 4.79 Å². The summed E-state index contributed by atoms with van der Waals surface area (Å²) in [6.45, 7) is 7.72. The Labute approximate surface area is 203 Å². The number of carbonyl (C=O) groups is 1. The molecule has 0 saturated carbocycles. The number of carboxylic acids is 1. The van der Waals surface area contributed by atoms with Gasteiger partial charge in [0.05, 0.1) is 5.41 Å². The van der Waals surface area contributed by atoms with Crippen LogP contribution in [0.5, 0.6) is 5.75 Å². The minimum atomic E-state index is -0.749. The number of carboxylic acid groups (broad SMARTS) is 1. The molecule has 0 aromatic heterocycles. The van der Waals surface area contributed by atoms with E-state index in [0.717, 1.165) is 31.6 Å². The minimum Gasteiger partial charge on any atom is -0.489 e. The average Bonchev–Trinajstić information content (AvgIpc) is 3.33. The lowest BCUT2D eigenvalue weighted by Crippen LogP contribution is -2.29. The third-order valence-electron chi connectivity index (χ3n) is 7.07. The number of rotatable bonds is 10. The summed E-state index contributed by atoms with van der Waals surface area (Å²) in [7, 11) is 0. The molecule has 3 aromatic rings. The highest BCUT2D eigenvalue weighted by atomic mass is 16.5. The average molecular weight is 458 g/mol. The number of benzene rings is 3. The fraction of sp³-hybridized carbons (Fsp3) is 0.367. The molecule has 4 rings (SSSR count). The molecule has 3 aromatic carbocycles. The molecular formula is C30H35NO3. The number of nitrogens with one attached hydrogen (secondary N) is 1. The molecule has 0 unspecified atom stereocenters. The SMILES string of the molecule is Cc1c(COc2ccc(CNCCC(C)(C)C(=O)O)c3c2CCC3)cccc1-c1ccccc1. The van der Waals surface area contributed by atoms with E-state index in [9.17, 15) is 9.90 Å². The zero-order valence-electron chi connectivity index (χ0n) is 20.5. The van der Waals surface area contributed by atoms with Crippen LogP contribution in [0, 0.1) is 12.3 Å². The van der Waals surface area contributed by atoms with Crippen molar-refractivity contribution in [3.05, 3.63) is 88.5 Å². The lowest BCUT2D eigenvalue weighted by atomic mass is 9.89. The van der Waals surface area contributed by atoms with Gasteiger partial charge in [0.1, 0.15) is 12.4 Å². The van der Waals surface area contributed by atoms with E-state index in [0.29, 0.717) is 19.6 Å². The predicted octanol–water partition coefficient (Wildman–Crippen LogP) is 6.32. The van der Waals surface area contributed by atoms with E-state index in [1.165, 1.54) is 38.9 Å². The van der Waals surface area contributed by atoms with Crippen molar-refractivity contribution in [3.8, 4) is 16.9 Å². The topological polar surface area (TPSA) is 58.6 Å². The van der Waals surface area contributed by atoms with Crippen molar-refractivity contribution in [2.24, 2.45) is 5.41 Å². The number of aliphatic carboxylic acids is 1. The van der Waals surface area contributed by atoms with Crippen molar-refractivity contribution in [3.63, 3.8) is 0 Å². The first-order valence-corrected chi connectivity index (χ1v) is 12.2. The lowest BCUT2D eigenvalue weighted by molar-refractivity contribution is -0.147. The molecule has 4 nitrogen and oxygen atoms in total. The molecule has 2 N–H and O–H groups in total. The molecule has 0 radical (unpaired) electrons. The smallest absolute Gasteiger partial charge is 0.309 e. The molecule has 1 aliphatic rings. The highest BCUT2D eigenvalue weighted by Crippen LogP contribution is 2.34. The molecule has 178 valence electrons. The number of hydrogen-bond acceptors (Lipinski definition) is 3. The summed E-state index contributed by atoms with van der Waals surface area (Å²) in [6.07, 6.45) is 3.88. The van der Waals surface area contributed by atoms with Crippen LogP contribution in [0.15, 0.2) is 60.7 Å². The second-order valence-corrected chi connectivity index (χ2v) is 9.89. The third kappa shape index (κ3) is 5.34. The number of ether oxygens (including phenoxy) is 1. The van der Waals surface area contributed by atoms with E-state index in [1.807, 2.05) is 6.07 Å². The normalized spacial score (nSPS) is 13.0. The van der Waals surface area contributed by atoms with Crippen LogP contribution in [0.2, 0.25) is 0 Å². The van der Waals surface area contributed by atoms with Crippen LogP contribution in [-0.4, -0.2) is 17.6 Å². The van der Waals surface area contributed by atoms with Gasteiger partial charge in [-0.05, 0) is 98.0 Å². The summed E-state index contributed by atoms with van der Waals surface area (Å²) < 4.78 is 6.37. The van der Waals surface area contributed by atoms with Gasteiger partial charge >= 0.3 is 5.97 Å². The molecule has 0 atom stereocenters. The summed E-state index contributed by atoms with van der Waals surface area (Å²) in [5.41, 5.74) is 8.28. The Kier molecular flexibility index (Phi) is 7.38. The molecule has 0 amide bonds. The van der Waals surface area contributed by atoms with Crippen LogP contribution in [0.25, 0.3) is 11.1 Å². The zero-order chi connectivity index (χ0) is 24.1. The highest BCUT2D eigenvalue weighted by molar-refractivity contribution is 5.73. The van der Waals surface area contributed by atoms with E-state index in [1.54, 1.807) is 13.8 Å². The van der Waals surface area contributed by atoms with Gasteiger partial charge in [0.15, 0.2) is 0 Å². The van der Waals surface area contributed by atoms with Gasteiger partial charge in [-0.1, -0.05) is 54.6 Å². The first-order chi connectivity index (χ1) is 16.4. The summed E-state index contributed by atoms with van der Waals surface area (Å²) in [6, 6.07) is 21.2. The highest BCUT2D eigenvalue weighted by Gasteiger charge is 2.26. The van der Waals surface area contributed by atoms with Gasteiger partial charge in [-0.25, -0.2) is 0 Å². The Morgan fingerprint density at radius 3 is 2.50 bits per heavy atom. The molecule has 0 bridgehead atoms. The summed E-state index contributed by atoms with van der Waals surface area (Å²) >= 11 is 0. The summed E-state index contributed by atoms with van der Waals surface area (Å²) in [5.74, 6) is 0.244. The van der Waals surface area contributed by atoms with E-state index in [2.05, 4.69) is 66.8 Å². The van der Waals surface area contributed by atoms with Crippen molar-refractivity contribution in [2.45, 2.75) is 59.6 Å². The molecule has 0 aliphatic heterocycles. The minimum absolute atomic E-state index is 0.556. The van der Waals surface area contributed by atoms with Crippen LogP contribution < -0.4 is 10.1 Å². The van der Waals surface area contributed by atoms with Crippen LogP contribution in [-0.2, 0) is 30.8 Å². The standard InChI is InChI=1S/C30H35NO3/c1-21-24(11-7-12-25(21)22-9-5-4-6-10-22)20-34-28-16-15-23(26-13-8-14-27(26)28)19-31-18-17-30(2,3)29(32)33/h4-7,9-12,15-16,31H,8,13-14,17-20H2,1-3H3,(H,32,33). The molecule has 0 heterocycles. The van der Waals surface area contributed by atoms with Crippen LogP contribution in [0.3, 0.4) is 0 Å². The molecule has 1 aliphatic carbocycles. The van der Waals surface area contributed by atoms with Crippen molar-refractivity contribution < 1.29 is 14.6 Å². The molecule has 34 heavy (non-hydrogen) atoms. The van der Waals surface area contributed by atoms with E-state index >= 15 is 0 Å². The van der Waals surface area contributed by atoms with Gasteiger partial charge in [-0.2, -0.15) is 0 Å². The zero-order valence-corrected chi connectivity index (χ0v) is 20.5. The molecule has 0 fully saturated rings. The van der Waals surface area contributed by atoms with Gasteiger partial charge in [-0.15, -0.1) is 0 Å². The third-order valence-corrected chi connectivity index (χ3v) is 7.07. The van der Waals surface area contributed by atoms with Gasteiger partial charge in [0.25, 0.3) is 0 Å². The Hall–Kier alpha value is -3.11. The number of fused-ring (bicyclic) bond motifs is 1. The Balaban J connectivity index is 1.43. The van der Waals surface area contributed by atoms with E-state index < -0.39 is 11.4 Å². The Morgan fingerprint density at radius 1 is 0.971 bits per heavy atom. The Bertz CT molecular complexity index is 1150. The van der Waals surface area contributed by atoms with E-state index in [-0.39, 0.29) is 0 Å². The molecular weight excluding hydrogens is 422 g/mol. The maximum atomic E-state index is 11.3. The second-order valence-electron chi connectivity index (χ2n) is 9.89. The molecule has 0 saturated heterocycles. The maximum Gasteiger partial charge on any atom is 0.309 e. The maximum absolute atomic E-state index is 11.3. The second kappa shape index (κ2) is 10.4. The fourth-order valence-electron chi connectivity index (χ4n) is 4.70. The molecule has 4 heteroatoms. The van der Waals surface area contributed by atoms with Crippen molar-refractivity contribution in [1.82, 2.24) is 5.32 Å². The summed E-state index contributed by atoms with van der Waals surface area (Å²) in [4.78, 5) is 11.3. The van der Waals surface area contributed by atoms with Gasteiger partial charge in [0, 0.05) is 6.54 Å². The summed E-state index contributed by atoms with van der Waals surface area (Å²) in [5, 5.41) is 12.7. The number of hydrogen-bond donors (Lipinski definition) is 2. The quantitative estimate of drug-likeness (QED) is 0.350.